The first kappa shape index (κ1) is 26.3. The number of hydrogen-bond acceptors (Lipinski definition) is 5. The molecule has 0 bridgehead atoms. The monoisotopic (exact) mass is 510 g/mol. The van der Waals surface area contributed by atoms with Crippen LogP contribution in [0, 0.1) is 0 Å². The Hall–Kier alpha value is -3.32. The molecule has 0 saturated carbocycles. The van der Waals surface area contributed by atoms with Crippen molar-refractivity contribution in [3.8, 4) is 0 Å². The molecule has 5 heteroatoms. The van der Waals surface area contributed by atoms with Gasteiger partial charge in [-0.25, -0.2) is 0 Å². The second kappa shape index (κ2) is 14.0. The van der Waals surface area contributed by atoms with Crippen LogP contribution in [-0.4, -0.2) is 31.5 Å². The first-order valence-electron chi connectivity index (χ1n) is 13.1. The molecule has 1 aliphatic heterocycles. The molecule has 0 N–H and O–H groups in total. The Morgan fingerprint density at radius 3 is 1.68 bits per heavy atom. The lowest BCUT2D eigenvalue weighted by Crippen LogP contribution is -2.45. The van der Waals surface area contributed by atoms with Crippen molar-refractivity contribution in [3.05, 3.63) is 144 Å². The predicted molar refractivity (Wildman–Crippen MR) is 146 cm³/mol. The van der Waals surface area contributed by atoms with E-state index in [0.717, 1.165) is 22.3 Å². The standard InChI is InChI=1S/C33H34O5/c1-5-13-26(14-6-1)21-34-24-30(35-22-27-15-7-2-8-16-27)32(36-23-28-17-9-3-10-18-28)31-25-37-33(38-31)29-19-11-4-12-20-29/h1-20,30-33H,21-25H2/t30-,31+,32-,33?/m1/s1. The zero-order valence-electron chi connectivity index (χ0n) is 21.4. The van der Waals surface area contributed by atoms with Gasteiger partial charge in [-0.15, -0.1) is 0 Å². The van der Waals surface area contributed by atoms with E-state index in [2.05, 4.69) is 36.4 Å². The highest BCUT2D eigenvalue weighted by atomic mass is 16.7. The molecule has 0 amide bonds. The second-order valence-corrected chi connectivity index (χ2v) is 9.35. The van der Waals surface area contributed by atoms with Crippen LogP contribution < -0.4 is 0 Å². The topological polar surface area (TPSA) is 46.2 Å². The van der Waals surface area contributed by atoms with Crippen molar-refractivity contribution in [1.82, 2.24) is 0 Å². The van der Waals surface area contributed by atoms with Gasteiger partial charge in [0.2, 0.25) is 0 Å². The van der Waals surface area contributed by atoms with Crippen molar-refractivity contribution in [1.29, 1.82) is 0 Å². The van der Waals surface area contributed by atoms with Crippen molar-refractivity contribution >= 4 is 0 Å². The zero-order valence-corrected chi connectivity index (χ0v) is 21.4. The van der Waals surface area contributed by atoms with Gasteiger partial charge >= 0.3 is 0 Å². The van der Waals surface area contributed by atoms with E-state index >= 15 is 0 Å². The fraction of sp³-hybridized carbons (Fsp3) is 0.273. The van der Waals surface area contributed by atoms with Gasteiger partial charge < -0.3 is 23.7 Å². The number of rotatable bonds is 13. The molecule has 1 aliphatic rings. The summed E-state index contributed by atoms with van der Waals surface area (Å²) in [5.41, 5.74) is 4.27. The number of hydrogen-bond donors (Lipinski definition) is 0. The normalized spacial score (nSPS) is 18.7. The van der Waals surface area contributed by atoms with Gasteiger partial charge in [-0.05, 0) is 16.7 Å². The number of benzene rings is 4. The van der Waals surface area contributed by atoms with Crippen LogP contribution in [0.1, 0.15) is 28.5 Å². The summed E-state index contributed by atoms with van der Waals surface area (Å²) < 4.78 is 31.7. The average Bonchev–Trinajstić information content (AvgIpc) is 3.48. The predicted octanol–water partition coefficient (Wildman–Crippen LogP) is 6.49. The molecular weight excluding hydrogens is 476 g/mol. The lowest BCUT2D eigenvalue weighted by atomic mass is 10.1. The first-order valence-corrected chi connectivity index (χ1v) is 13.1. The van der Waals surface area contributed by atoms with Crippen molar-refractivity contribution in [2.75, 3.05) is 13.2 Å². The van der Waals surface area contributed by atoms with Crippen molar-refractivity contribution in [2.45, 2.75) is 44.4 Å². The molecule has 0 aliphatic carbocycles. The lowest BCUT2D eigenvalue weighted by molar-refractivity contribution is -0.164. The van der Waals surface area contributed by atoms with E-state index in [0.29, 0.717) is 33.0 Å². The average molecular weight is 511 g/mol. The highest BCUT2D eigenvalue weighted by Crippen LogP contribution is 2.31. The van der Waals surface area contributed by atoms with Gasteiger partial charge in [0, 0.05) is 5.56 Å². The van der Waals surface area contributed by atoms with E-state index in [-0.39, 0.29) is 12.2 Å². The highest BCUT2D eigenvalue weighted by Gasteiger charge is 2.39. The van der Waals surface area contributed by atoms with Gasteiger partial charge in [0.1, 0.15) is 18.3 Å². The van der Waals surface area contributed by atoms with E-state index in [1.165, 1.54) is 0 Å². The summed E-state index contributed by atoms with van der Waals surface area (Å²) in [7, 11) is 0. The van der Waals surface area contributed by atoms with E-state index in [1.54, 1.807) is 0 Å². The summed E-state index contributed by atoms with van der Waals surface area (Å²) in [5, 5.41) is 0. The molecule has 5 nitrogen and oxygen atoms in total. The van der Waals surface area contributed by atoms with Crippen LogP contribution in [0.15, 0.2) is 121 Å². The molecule has 0 radical (unpaired) electrons. The van der Waals surface area contributed by atoms with Gasteiger partial charge in [-0.3, -0.25) is 0 Å². The Bertz CT molecular complexity index is 1190. The van der Waals surface area contributed by atoms with Crippen LogP contribution in [0.25, 0.3) is 0 Å². The van der Waals surface area contributed by atoms with E-state index < -0.39 is 12.4 Å². The lowest BCUT2D eigenvalue weighted by Gasteiger charge is -2.31. The SMILES string of the molecule is c1ccc(COC[C@@H](OCc2ccccc2)[C@@H](OCc2ccccc2)[C@@H]2COC(c3ccccc3)O2)cc1. The van der Waals surface area contributed by atoms with Crippen LogP contribution in [0.3, 0.4) is 0 Å². The van der Waals surface area contributed by atoms with E-state index in [4.69, 9.17) is 23.7 Å². The van der Waals surface area contributed by atoms with Crippen LogP contribution >= 0.6 is 0 Å². The molecule has 38 heavy (non-hydrogen) atoms. The summed E-state index contributed by atoms with van der Waals surface area (Å²) >= 11 is 0. The smallest absolute Gasteiger partial charge is 0.184 e. The van der Waals surface area contributed by atoms with Crippen LogP contribution in [0.5, 0.6) is 0 Å². The van der Waals surface area contributed by atoms with Crippen molar-refractivity contribution in [2.24, 2.45) is 0 Å². The Balaban J connectivity index is 1.33. The molecule has 4 aromatic carbocycles. The van der Waals surface area contributed by atoms with Crippen molar-refractivity contribution in [3.63, 3.8) is 0 Å². The quantitative estimate of drug-likeness (QED) is 0.206. The summed E-state index contributed by atoms with van der Waals surface area (Å²) in [6.07, 6.45) is -1.52. The van der Waals surface area contributed by atoms with Crippen LogP contribution in [-0.2, 0) is 43.5 Å². The van der Waals surface area contributed by atoms with Gasteiger partial charge in [0.05, 0.1) is 33.0 Å². The third-order valence-corrected chi connectivity index (χ3v) is 6.50. The fourth-order valence-electron chi connectivity index (χ4n) is 4.48. The third kappa shape index (κ3) is 7.60. The zero-order chi connectivity index (χ0) is 25.8. The summed E-state index contributed by atoms with van der Waals surface area (Å²) in [6.45, 7) is 2.14. The largest absolute Gasteiger partial charge is 0.374 e. The Morgan fingerprint density at radius 2 is 1.11 bits per heavy atom. The molecule has 0 aromatic heterocycles. The second-order valence-electron chi connectivity index (χ2n) is 9.35. The Morgan fingerprint density at radius 1 is 0.605 bits per heavy atom. The molecular formula is C33H34O5. The Labute approximate surface area is 224 Å². The molecule has 1 saturated heterocycles. The molecule has 0 spiro atoms. The van der Waals surface area contributed by atoms with Crippen LogP contribution in [0.4, 0.5) is 0 Å². The van der Waals surface area contributed by atoms with Crippen LogP contribution in [0.2, 0.25) is 0 Å². The third-order valence-electron chi connectivity index (χ3n) is 6.50. The minimum absolute atomic E-state index is 0.315. The fourth-order valence-corrected chi connectivity index (χ4v) is 4.48. The minimum Gasteiger partial charge on any atom is -0.374 e. The Kier molecular flexibility index (Phi) is 9.69. The van der Waals surface area contributed by atoms with Gasteiger partial charge in [-0.2, -0.15) is 0 Å². The molecule has 5 rings (SSSR count). The molecule has 4 atom stereocenters. The number of ether oxygens (including phenoxy) is 5. The van der Waals surface area contributed by atoms with Gasteiger partial charge in [-0.1, -0.05) is 121 Å². The maximum Gasteiger partial charge on any atom is 0.184 e. The molecule has 4 aromatic rings. The maximum atomic E-state index is 6.54. The molecule has 1 unspecified atom stereocenters. The van der Waals surface area contributed by atoms with Gasteiger partial charge in [0.25, 0.3) is 0 Å². The van der Waals surface area contributed by atoms with Crippen molar-refractivity contribution < 1.29 is 23.7 Å². The maximum absolute atomic E-state index is 6.54. The summed E-state index contributed by atoms with van der Waals surface area (Å²) in [5.74, 6) is 0. The molecule has 1 heterocycles. The van der Waals surface area contributed by atoms with Gasteiger partial charge in [0.15, 0.2) is 6.29 Å². The molecule has 1 fully saturated rings. The van der Waals surface area contributed by atoms with E-state index in [1.807, 2.05) is 84.9 Å². The highest BCUT2D eigenvalue weighted by molar-refractivity contribution is 5.17. The summed E-state index contributed by atoms with van der Waals surface area (Å²) in [6, 6.07) is 40.4. The first-order chi connectivity index (χ1) is 18.8. The minimum atomic E-state index is -0.441. The summed E-state index contributed by atoms with van der Waals surface area (Å²) in [4.78, 5) is 0. The van der Waals surface area contributed by atoms with E-state index in [9.17, 15) is 0 Å². The molecule has 196 valence electrons.